The molecule has 0 spiro atoms. The van der Waals surface area contributed by atoms with E-state index < -0.39 is 0 Å². The van der Waals surface area contributed by atoms with Gasteiger partial charge in [-0.05, 0) is 73.6 Å². The third-order valence-corrected chi connectivity index (χ3v) is 11.6. The van der Waals surface area contributed by atoms with Crippen LogP contribution in [0, 0.1) is 6.07 Å². The van der Waals surface area contributed by atoms with Gasteiger partial charge in [-0.3, -0.25) is 4.99 Å². The zero-order valence-electron chi connectivity index (χ0n) is 36.7. The van der Waals surface area contributed by atoms with E-state index in [1.165, 1.54) is 16.7 Å². The summed E-state index contributed by atoms with van der Waals surface area (Å²) in [6.45, 7) is 24.1. The van der Waals surface area contributed by atoms with Crippen molar-refractivity contribution in [3.63, 3.8) is 0 Å². The second kappa shape index (κ2) is 15.9. The topological polar surface area (TPSA) is 58.6 Å². The van der Waals surface area contributed by atoms with Crippen molar-refractivity contribution in [3.8, 4) is 39.5 Å². The zero-order valence-corrected chi connectivity index (χ0v) is 39.0. The molecule has 308 valence electrons. The second-order valence-corrected chi connectivity index (χ2v) is 19.5. The Morgan fingerprint density at radius 2 is 1.33 bits per heavy atom. The van der Waals surface area contributed by atoms with Gasteiger partial charge in [0, 0.05) is 43.8 Å². The average molecular weight is 971 g/mol. The van der Waals surface area contributed by atoms with E-state index in [0.717, 1.165) is 66.1 Å². The molecule has 0 unspecified atom stereocenters. The smallest absolute Gasteiger partial charge is 0.228 e. The van der Waals surface area contributed by atoms with Crippen molar-refractivity contribution in [1.29, 1.82) is 0 Å². The van der Waals surface area contributed by atoms with E-state index in [-0.39, 0.29) is 43.1 Å². The molecule has 0 saturated carbocycles. The number of oxazole rings is 1. The summed E-state index contributed by atoms with van der Waals surface area (Å²) in [6.07, 6.45) is 1.80. The van der Waals surface area contributed by atoms with Gasteiger partial charge in [-0.25, -0.2) is 4.98 Å². The maximum absolute atomic E-state index is 11.7. The van der Waals surface area contributed by atoms with Gasteiger partial charge < -0.3 is 9.52 Å². The Morgan fingerprint density at radius 1 is 0.667 bits per heavy atom. The van der Waals surface area contributed by atoms with E-state index in [0.29, 0.717) is 23.0 Å². The molecule has 7 aromatic carbocycles. The minimum absolute atomic E-state index is 0. The average Bonchev–Trinajstić information content (AvgIpc) is 3.62. The standard InChI is InChI=1S/C55H55N2O2.Pt/c1-33(2)34-16-18-35(19-17-34)37-20-21-39-27-40(23-22-38(39)26-37)46-29-43(54(6,7)8)31-48-50(46)57-52(59-48)45-25-24-36-14-12-13-15-44(36)49(45)56-32-41-28-42(53(3,4)5)30-47(51(41)58)55(9,10)11;/h12-22,24-33,58H,1-11H3;/q-1;. The number of aromatic hydroxyl groups is 1. The Balaban J connectivity index is 0.00000544. The maximum atomic E-state index is 11.7. The maximum Gasteiger partial charge on any atom is 0.228 e. The fourth-order valence-electron chi connectivity index (χ4n) is 7.82. The minimum Gasteiger partial charge on any atom is -0.507 e. The van der Waals surface area contributed by atoms with E-state index in [9.17, 15) is 5.11 Å². The molecule has 1 N–H and O–H groups in total. The van der Waals surface area contributed by atoms with Crippen LogP contribution in [-0.2, 0) is 37.3 Å². The summed E-state index contributed by atoms with van der Waals surface area (Å²) >= 11 is 0. The molecule has 0 fully saturated rings. The predicted molar refractivity (Wildman–Crippen MR) is 250 cm³/mol. The van der Waals surface area contributed by atoms with E-state index >= 15 is 0 Å². The Morgan fingerprint density at radius 3 is 2.02 bits per heavy atom. The van der Waals surface area contributed by atoms with Crippen LogP contribution >= 0.6 is 0 Å². The molecule has 4 nitrogen and oxygen atoms in total. The number of fused-ring (bicyclic) bond motifs is 3. The van der Waals surface area contributed by atoms with Gasteiger partial charge in [0.2, 0.25) is 5.89 Å². The van der Waals surface area contributed by atoms with Gasteiger partial charge in [0.15, 0.2) is 0 Å². The summed E-state index contributed by atoms with van der Waals surface area (Å²) in [5.74, 6) is 1.24. The van der Waals surface area contributed by atoms with Crippen molar-refractivity contribution in [1.82, 2.24) is 4.98 Å². The minimum atomic E-state index is -0.258. The number of rotatable bonds is 6. The van der Waals surface area contributed by atoms with Crippen molar-refractivity contribution in [2.45, 2.75) is 98.3 Å². The van der Waals surface area contributed by atoms with Crippen LogP contribution in [0.25, 0.3) is 66.4 Å². The van der Waals surface area contributed by atoms with Gasteiger partial charge in [-0.15, -0.1) is 29.1 Å². The van der Waals surface area contributed by atoms with Crippen molar-refractivity contribution in [2.24, 2.45) is 4.99 Å². The number of phenolic OH excluding ortho intramolecular Hbond substituents is 1. The van der Waals surface area contributed by atoms with Gasteiger partial charge in [0.05, 0.1) is 16.8 Å². The van der Waals surface area contributed by atoms with Crippen LogP contribution in [0.1, 0.15) is 110 Å². The van der Waals surface area contributed by atoms with Gasteiger partial charge in [-0.2, -0.15) is 0 Å². The number of aliphatic imine (C=N–C) groups is 1. The first-order chi connectivity index (χ1) is 27.8. The molecule has 0 aliphatic rings. The van der Waals surface area contributed by atoms with Crippen molar-refractivity contribution >= 4 is 44.5 Å². The molecule has 1 aromatic heterocycles. The molecule has 60 heavy (non-hydrogen) atoms. The van der Waals surface area contributed by atoms with Gasteiger partial charge in [0.1, 0.15) is 11.3 Å². The summed E-state index contributed by atoms with van der Waals surface area (Å²) in [4.78, 5) is 10.4. The van der Waals surface area contributed by atoms with Crippen LogP contribution in [0.4, 0.5) is 5.69 Å². The fraction of sp³-hybridized carbons (Fsp3) is 0.273. The first kappa shape index (κ1) is 42.8. The van der Waals surface area contributed by atoms with Crippen LogP contribution in [0.2, 0.25) is 0 Å². The van der Waals surface area contributed by atoms with E-state index in [1.807, 2.05) is 18.2 Å². The number of nitrogens with zero attached hydrogens (tertiary/aromatic N) is 2. The summed E-state index contributed by atoms with van der Waals surface area (Å²) < 4.78 is 6.77. The van der Waals surface area contributed by atoms with Crippen LogP contribution in [0.5, 0.6) is 5.75 Å². The molecule has 0 saturated heterocycles. The molecule has 8 rings (SSSR count). The van der Waals surface area contributed by atoms with Gasteiger partial charge in [0.25, 0.3) is 0 Å². The summed E-state index contributed by atoms with van der Waals surface area (Å²) in [7, 11) is 0. The molecule has 0 aliphatic carbocycles. The monoisotopic (exact) mass is 970 g/mol. The number of aromatic nitrogens is 1. The molecule has 0 radical (unpaired) electrons. The molecule has 8 aromatic rings. The Hall–Kier alpha value is -5.31. The van der Waals surface area contributed by atoms with Gasteiger partial charge in [-0.1, -0.05) is 172 Å². The van der Waals surface area contributed by atoms with Crippen LogP contribution < -0.4 is 0 Å². The molecule has 0 aliphatic heterocycles. The van der Waals surface area contributed by atoms with E-state index in [4.69, 9.17) is 14.4 Å². The molecular weight excluding hydrogens is 916 g/mol. The molecular formula is C55H55N2O2Pt-. The predicted octanol–water partition coefficient (Wildman–Crippen LogP) is 15.4. The van der Waals surface area contributed by atoms with Crippen molar-refractivity contribution in [3.05, 3.63) is 149 Å². The Bertz CT molecular complexity index is 2910. The molecule has 0 bridgehead atoms. The number of hydrogen-bond donors (Lipinski definition) is 1. The SMILES string of the molecule is CC(C)c1ccc(-c2ccc3cc(-c4cc(C(C)(C)C)cc5oc(-c6ccc7ccccc7c6N=Cc6cc(C(C)(C)C)cc(C(C)(C)C)c6O)nc45)[c-]cc3c2)cc1.[Pt]. The van der Waals surface area contributed by atoms with E-state index in [2.05, 4.69) is 179 Å². The van der Waals surface area contributed by atoms with Crippen molar-refractivity contribution in [2.75, 3.05) is 0 Å². The van der Waals surface area contributed by atoms with Crippen LogP contribution in [-0.4, -0.2) is 16.3 Å². The number of hydrogen-bond acceptors (Lipinski definition) is 4. The molecule has 0 amide bonds. The largest absolute Gasteiger partial charge is 0.507 e. The second-order valence-electron chi connectivity index (χ2n) is 19.5. The summed E-state index contributed by atoms with van der Waals surface area (Å²) in [5.41, 5.74) is 12.0. The molecule has 5 heteroatoms. The van der Waals surface area contributed by atoms with Crippen molar-refractivity contribution < 1.29 is 30.6 Å². The third-order valence-electron chi connectivity index (χ3n) is 11.6. The summed E-state index contributed by atoms with van der Waals surface area (Å²) in [5, 5.41) is 16.0. The Kier molecular flexibility index (Phi) is 11.4. The molecule has 0 atom stereocenters. The fourth-order valence-corrected chi connectivity index (χ4v) is 7.82. The van der Waals surface area contributed by atoms with Crippen LogP contribution in [0.15, 0.2) is 125 Å². The zero-order chi connectivity index (χ0) is 42.0. The third kappa shape index (κ3) is 8.37. The van der Waals surface area contributed by atoms with E-state index in [1.54, 1.807) is 6.21 Å². The quantitative estimate of drug-likeness (QED) is 0.133. The number of phenols is 1. The normalized spacial score (nSPS) is 12.6. The Labute approximate surface area is 370 Å². The van der Waals surface area contributed by atoms with Gasteiger partial charge >= 0.3 is 0 Å². The summed E-state index contributed by atoms with van der Waals surface area (Å²) in [6, 6.07) is 44.4. The first-order valence-corrected chi connectivity index (χ1v) is 20.8. The first-order valence-electron chi connectivity index (χ1n) is 20.8. The molecule has 1 heterocycles. The number of benzene rings is 7. The van der Waals surface area contributed by atoms with Crippen LogP contribution in [0.3, 0.4) is 0 Å².